The van der Waals surface area contributed by atoms with Crippen LogP contribution >= 0.6 is 0 Å². The van der Waals surface area contributed by atoms with Gasteiger partial charge in [0.1, 0.15) is 17.5 Å². The number of anilines is 1. The highest BCUT2D eigenvalue weighted by Gasteiger charge is 2.47. The van der Waals surface area contributed by atoms with Crippen molar-refractivity contribution in [2.45, 2.75) is 39.0 Å². The number of carbonyl (C=O) groups excluding carboxylic acids is 2. The lowest BCUT2D eigenvalue weighted by Crippen LogP contribution is -2.51. The van der Waals surface area contributed by atoms with E-state index in [4.69, 9.17) is 5.73 Å². The Hall–Kier alpha value is -2.61. The molecule has 3 rings (SSSR count). The van der Waals surface area contributed by atoms with Gasteiger partial charge in [-0.25, -0.2) is 0 Å². The van der Waals surface area contributed by atoms with Crippen molar-refractivity contribution in [2.24, 2.45) is 23.5 Å². The van der Waals surface area contributed by atoms with Crippen molar-refractivity contribution in [3.8, 4) is 6.07 Å². The van der Waals surface area contributed by atoms with Crippen molar-refractivity contribution in [2.75, 3.05) is 4.90 Å². The van der Waals surface area contributed by atoms with E-state index >= 15 is 0 Å². The molecule has 5 nitrogen and oxygen atoms in total. The molecule has 2 N–H and O–H groups in total. The normalized spacial score (nSPS) is 25.0. The van der Waals surface area contributed by atoms with Gasteiger partial charge in [-0.2, -0.15) is 5.26 Å². The summed E-state index contributed by atoms with van der Waals surface area (Å²) >= 11 is 0. The molecule has 1 saturated carbocycles. The minimum atomic E-state index is -0.828. The van der Waals surface area contributed by atoms with Crippen LogP contribution in [0.4, 0.5) is 5.69 Å². The summed E-state index contributed by atoms with van der Waals surface area (Å²) in [4.78, 5) is 26.9. The average molecular weight is 337 g/mol. The van der Waals surface area contributed by atoms with E-state index in [-0.39, 0.29) is 23.4 Å². The van der Waals surface area contributed by atoms with E-state index in [1.54, 1.807) is 24.3 Å². The maximum Gasteiger partial charge on any atom is 0.243 e. The third-order valence-corrected chi connectivity index (χ3v) is 5.43. The van der Waals surface area contributed by atoms with E-state index in [0.29, 0.717) is 11.3 Å². The number of Topliss-reactive ketones (excluding diaryl/α,β-unsaturated/α-hetero) is 1. The lowest BCUT2D eigenvalue weighted by molar-refractivity contribution is -0.134. The predicted molar refractivity (Wildman–Crippen MR) is 95.0 cm³/mol. The second-order valence-corrected chi connectivity index (χ2v) is 6.93. The second-order valence-electron chi connectivity index (χ2n) is 6.93. The minimum Gasteiger partial charge on any atom is -0.384 e. The number of rotatable bonds is 3. The third kappa shape index (κ3) is 3.05. The van der Waals surface area contributed by atoms with E-state index in [1.165, 1.54) is 18.2 Å². The van der Waals surface area contributed by atoms with Gasteiger partial charge >= 0.3 is 0 Å². The second kappa shape index (κ2) is 7.10. The van der Waals surface area contributed by atoms with Crippen LogP contribution in [0.1, 0.15) is 39.0 Å². The monoisotopic (exact) mass is 337 g/mol. The van der Waals surface area contributed by atoms with Crippen LogP contribution in [0.3, 0.4) is 0 Å². The van der Waals surface area contributed by atoms with E-state index in [9.17, 15) is 14.9 Å². The number of nitrogens with two attached hydrogens (primary N) is 1. The van der Waals surface area contributed by atoms with E-state index in [1.807, 2.05) is 6.07 Å². The number of para-hydroxylation sites is 1. The quantitative estimate of drug-likeness (QED) is 0.858. The molecule has 130 valence electrons. The van der Waals surface area contributed by atoms with Crippen molar-refractivity contribution in [1.82, 2.24) is 0 Å². The van der Waals surface area contributed by atoms with Gasteiger partial charge in [0.2, 0.25) is 5.91 Å². The first-order valence-electron chi connectivity index (χ1n) is 8.85. The number of amides is 1. The fourth-order valence-electron chi connectivity index (χ4n) is 4.27. The highest BCUT2D eigenvalue weighted by Crippen LogP contribution is 2.43. The zero-order valence-electron chi connectivity index (χ0n) is 14.4. The fraction of sp³-hybridized carbons (Fsp3) is 0.450. The van der Waals surface area contributed by atoms with Gasteiger partial charge in [-0.3, -0.25) is 14.5 Å². The van der Waals surface area contributed by atoms with Gasteiger partial charge < -0.3 is 5.73 Å². The van der Waals surface area contributed by atoms with Crippen molar-refractivity contribution >= 4 is 17.4 Å². The Morgan fingerprint density at radius 3 is 2.40 bits per heavy atom. The fourth-order valence-corrected chi connectivity index (χ4v) is 4.27. The largest absolute Gasteiger partial charge is 0.384 e. The summed E-state index contributed by atoms with van der Waals surface area (Å²) in [5.74, 6) is -1.39. The first kappa shape index (κ1) is 17.2. The summed E-state index contributed by atoms with van der Waals surface area (Å²) < 4.78 is 0. The summed E-state index contributed by atoms with van der Waals surface area (Å²) in [5.41, 5.74) is 7.24. The number of ketones is 1. The molecule has 1 aromatic rings. The zero-order chi connectivity index (χ0) is 18.0. The lowest BCUT2D eigenvalue weighted by atomic mass is 9.68. The molecular formula is C20H23N3O2. The Bertz CT molecular complexity index is 742. The van der Waals surface area contributed by atoms with Crippen molar-refractivity contribution in [3.63, 3.8) is 0 Å². The van der Waals surface area contributed by atoms with Gasteiger partial charge in [0.25, 0.3) is 0 Å². The number of hydrogen-bond acceptors (Lipinski definition) is 4. The van der Waals surface area contributed by atoms with Crippen LogP contribution in [0.15, 0.2) is 41.7 Å². The summed E-state index contributed by atoms with van der Waals surface area (Å²) in [5, 5.41) is 9.78. The molecule has 1 fully saturated rings. The maximum atomic E-state index is 13.2. The van der Waals surface area contributed by atoms with E-state index in [2.05, 4.69) is 6.07 Å². The highest BCUT2D eigenvalue weighted by molar-refractivity contribution is 6.11. The molecule has 0 saturated heterocycles. The van der Waals surface area contributed by atoms with Crippen LogP contribution in [-0.4, -0.2) is 11.7 Å². The summed E-state index contributed by atoms with van der Waals surface area (Å²) in [6.45, 7) is 1.44. The first-order valence-corrected chi connectivity index (χ1v) is 8.85. The molecular weight excluding hydrogens is 314 g/mol. The Balaban J connectivity index is 2.12. The first-order chi connectivity index (χ1) is 12.1. The van der Waals surface area contributed by atoms with Crippen LogP contribution in [0.25, 0.3) is 0 Å². The van der Waals surface area contributed by atoms with Gasteiger partial charge in [0, 0.05) is 5.92 Å². The van der Waals surface area contributed by atoms with E-state index in [0.717, 1.165) is 25.7 Å². The lowest BCUT2D eigenvalue weighted by Gasteiger charge is -2.41. The van der Waals surface area contributed by atoms with Gasteiger partial charge in [0.15, 0.2) is 0 Å². The van der Waals surface area contributed by atoms with Crippen molar-refractivity contribution < 1.29 is 9.59 Å². The zero-order valence-corrected chi connectivity index (χ0v) is 14.4. The van der Waals surface area contributed by atoms with Crippen LogP contribution in [0.2, 0.25) is 0 Å². The number of nitriles is 1. The summed E-state index contributed by atoms with van der Waals surface area (Å²) in [6, 6.07) is 11.2. The number of nitrogens with zero attached hydrogens (tertiary/aromatic N) is 2. The molecule has 5 heteroatoms. The van der Waals surface area contributed by atoms with Crippen LogP contribution in [0.5, 0.6) is 0 Å². The molecule has 1 heterocycles. The molecule has 1 aliphatic carbocycles. The Morgan fingerprint density at radius 2 is 1.84 bits per heavy atom. The molecule has 0 bridgehead atoms. The summed E-state index contributed by atoms with van der Waals surface area (Å²) in [6.07, 6.45) is 5.18. The van der Waals surface area contributed by atoms with Gasteiger partial charge in [-0.15, -0.1) is 0 Å². The predicted octanol–water partition coefficient (Wildman–Crippen LogP) is 3.13. The topological polar surface area (TPSA) is 87.2 Å². The molecule has 1 aromatic carbocycles. The highest BCUT2D eigenvalue weighted by atomic mass is 16.2. The standard InChI is InChI=1S/C20H23N3O2/c1-13(24)17-18(14-8-4-2-5-9-14)16(12-21)19(22)23(20(17)25)15-10-6-3-7-11-15/h3,6-7,10-11,14,17-18H,2,4-5,8-9,22H2,1H3/t17-,18-/m0/s1. The average Bonchev–Trinajstić information content (AvgIpc) is 2.62. The van der Waals surface area contributed by atoms with Crippen LogP contribution in [0, 0.1) is 29.1 Å². The number of hydrogen-bond donors (Lipinski definition) is 1. The molecule has 0 unspecified atom stereocenters. The molecule has 1 aliphatic heterocycles. The molecule has 2 atom stereocenters. The Labute approximate surface area is 148 Å². The van der Waals surface area contributed by atoms with Crippen molar-refractivity contribution in [3.05, 3.63) is 41.7 Å². The molecule has 0 spiro atoms. The Kier molecular flexibility index (Phi) is 4.89. The summed E-state index contributed by atoms with van der Waals surface area (Å²) in [7, 11) is 0. The number of carbonyl (C=O) groups is 2. The third-order valence-electron chi connectivity index (χ3n) is 5.43. The number of allylic oxidation sites excluding steroid dienone is 1. The maximum absolute atomic E-state index is 13.2. The number of benzene rings is 1. The molecule has 0 aromatic heterocycles. The van der Waals surface area contributed by atoms with Crippen LogP contribution < -0.4 is 10.6 Å². The molecule has 0 radical (unpaired) electrons. The van der Waals surface area contributed by atoms with Gasteiger partial charge in [0.05, 0.1) is 17.3 Å². The minimum absolute atomic E-state index is 0.165. The van der Waals surface area contributed by atoms with Crippen LogP contribution in [-0.2, 0) is 9.59 Å². The molecule has 2 aliphatic rings. The molecule has 25 heavy (non-hydrogen) atoms. The molecule has 1 amide bonds. The Morgan fingerprint density at radius 1 is 1.20 bits per heavy atom. The van der Waals surface area contributed by atoms with Crippen molar-refractivity contribution in [1.29, 1.82) is 5.26 Å². The smallest absolute Gasteiger partial charge is 0.243 e. The van der Waals surface area contributed by atoms with E-state index < -0.39 is 11.8 Å². The van der Waals surface area contributed by atoms with Gasteiger partial charge in [-0.1, -0.05) is 37.5 Å². The SMILES string of the molecule is CC(=O)[C@@H]1C(=O)N(c2ccccc2)C(N)=C(C#N)[C@@H]1C1CCCCC1. The van der Waals surface area contributed by atoms with Gasteiger partial charge in [-0.05, 0) is 37.8 Å².